The van der Waals surface area contributed by atoms with E-state index in [0.717, 1.165) is 20.8 Å². The lowest BCUT2D eigenvalue weighted by molar-refractivity contribution is -0.310. The van der Waals surface area contributed by atoms with Crippen LogP contribution < -0.4 is 31.9 Å². The highest BCUT2D eigenvalue weighted by Gasteiger charge is 2.57. The van der Waals surface area contributed by atoms with Crippen molar-refractivity contribution in [2.45, 2.75) is 269 Å². The maximum atomic E-state index is 15.2. The Balaban J connectivity index is 1.62. The molecule has 31 nitrogen and oxygen atoms in total. The van der Waals surface area contributed by atoms with Gasteiger partial charge in [-0.25, -0.2) is 24.0 Å². The molecular formula is C72H103N9O22. The minimum Gasteiger partial charge on any atom is -0.457 e. The molecule has 3 aliphatic rings. The molecule has 2 heterocycles. The van der Waals surface area contributed by atoms with Gasteiger partial charge in [-0.2, -0.15) is 0 Å². The molecule has 6 unspecified atom stereocenters. The van der Waals surface area contributed by atoms with E-state index in [-0.39, 0.29) is 32.4 Å². The van der Waals surface area contributed by atoms with E-state index in [1.807, 2.05) is 91.0 Å². The first-order valence-corrected chi connectivity index (χ1v) is 34.2. The molecule has 1 saturated carbocycles. The highest BCUT2D eigenvalue weighted by molar-refractivity contribution is 5.84. The lowest BCUT2D eigenvalue weighted by Crippen LogP contribution is -2.71. The zero-order chi connectivity index (χ0) is 76.4. The van der Waals surface area contributed by atoms with Crippen LogP contribution in [0.4, 0.5) is 24.0 Å². The van der Waals surface area contributed by atoms with Gasteiger partial charge < -0.3 is 93.5 Å². The summed E-state index contributed by atoms with van der Waals surface area (Å²) >= 11 is 0. The van der Waals surface area contributed by atoms with Gasteiger partial charge in [-0.05, 0) is 145 Å². The van der Waals surface area contributed by atoms with Gasteiger partial charge in [0.15, 0.2) is 30.9 Å². The predicted octanol–water partition coefficient (Wildman–Crippen LogP) is 9.48. The molecule has 103 heavy (non-hydrogen) atoms. The van der Waals surface area contributed by atoms with Crippen LogP contribution in [0.15, 0.2) is 96.1 Å². The van der Waals surface area contributed by atoms with Gasteiger partial charge in [0.25, 0.3) is 5.91 Å². The number of nitrogens with one attached hydrogen (secondary N) is 6. The minimum atomic E-state index is -2.04. The van der Waals surface area contributed by atoms with Crippen molar-refractivity contribution in [3.8, 4) is 0 Å². The van der Waals surface area contributed by atoms with Gasteiger partial charge in [-0.3, -0.25) is 19.2 Å². The molecule has 3 fully saturated rings. The summed E-state index contributed by atoms with van der Waals surface area (Å²) in [4.78, 5) is 127. The third kappa shape index (κ3) is 26.3. The van der Waals surface area contributed by atoms with Gasteiger partial charge in [-0.1, -0.05) is 96.1 Å². The molecule has 0 radical (unpaired) electrons. The van der Waals surface area contributed by atoms with Crippen LogP contribution >= 0.6 is 0 Å². The summed E-state index contributed by atoms with van der Waals surface area (Å²) in [6, 6.07) is 19.9. The molecule has 2 saturated heterocycles. The summed E-state index contributed by atoms with van der Waals surface area (Å²) < 4.78 is 81.2. The molecule has 2 aliphatic heterocycles. The second kappa shape index (κ2) is 35.9. The Morgan fingerprint density at radius 2 is 0.932 bits per heavy atom. The second-order valence-electron chi connectivity index (χ2n) is 30.1. The lowest BCUT2D eigenvalue weighted by atomic mass is 9.80. The fourth-order valence-corrected chi connectivity index (χ4v) is 11.8. The van der Waals surface area contributed by atoms with Crippen LogP contribution in [0.1, 0.15) is 167 Å². The summed E-state index contributed by atoms with van der Waals surface area (Å²) in [5, 5.41) is 20.8. The van der Waals surface area contributed by atoms with Gasteiger partial charge >= 0.3 is 48.4 Å². The number of nitrogens with zero attached hydrogens (tertiary/aromatic N) is 3. The van der Waals surface area contributed by atoms with Crippen molar-refractivity contribution in [3.05, 3.63) is 118 Å². The third-order valence-corrected chi connectivity index (χ3v) is 15.4. The van der Waals surface area contributed by atoms with E-state index < -0.39 is 186 Å². The van der Waals surface area contributed by atoms with Crippen molar-refractivity contribution in [3.63, 3.8) is 0 Å². The van der Waals surface area contributed by atoms with E-state index in [1.54, 1.807) is 104 Å². The Hall–Kier alpha value is -9.00. The molecule has 6 amide bonds. The molecule has 3 aromatic rings. The molecular weight excluding hydrogens is 1340 g/mol. The summed E-state index contributed by atoms with van der Waals surface area (Å²) in [7, 11) is 0. The SMILES string of the molecule is CC(=O)OC1[C@@H](O[C@@H]2C(N=[N+]=[N-])C(O[C@H]3OC(CNC(=O)OC(C)(C)C)CCC3NC(=O)OC(C)(C)C)[C@H](NC(=O)OC(C)(C)C)C[C@H]2NC(=O)[C@H](CCNC(=O)OC(C)(C)C)OC(C)=O)OC(COC(c2ccccc2)(c2ccccc2)c2ccccc2)[C@H](OC(C)=O)[C@@H]1NC(=O)OC(C)(C)C. The first-order chi connectivity index (χ1) is 48.0. The Morgan fingerprint density at radius 1 is 0.505 bits per heavy atom. The number of rotatable bonds is 24. The monoisotopic (exact) mass is 1450 g/mol. The van der Waals surface area contributed by atoms with E-state index in [9.17, 15) is 43.9 Å². The maximum Gasteiger partial charge on any atom is 0.408 e. The quantitative estimate of drug-likeness (QED) is 0.0121. The average molecular weight is 1450 g/mol. The standard InChI is InChI=1S/C72H103N9O22/c1-41(82)92-51(36-37-74-62(86)99-67(4,5)6)59(85)76-49-38-50(78-65(89)102-70(13,14)15)56(97-60-48(77-64(88)101-69(10,11)12)35-34-47(95-60)39-75-63(87)100-68(7,8)9)54(80-81-73)55(49)98-61-58(94-43(3)84)53(79-66(90)103-71(16,17)18)57(93-42(2)83)52(96-61)40-91-72(44-28-22-19-23-29-44,45-30-24-20-25-31-45)46-32-26-21-27-33-46/h19-33,47-58,60-61H,34-40H2,1-18H3,(H,74,86)(H,75,87)(H,76,85)(H,77,88)(H,78,89)(H,79,90)/t47?,48?,49-,50-,51+,52?,53+,54?,55+,56?,57+,58?,60-,61-/m1/s1. The number of benzene rings is 3. The van der Waals surface area contributed by atoms with Crippen LogP contribution in [0, 0.1) is 0 Å². The van der Waals surface area contributed by atoms with Crippen molar-refractivity contribution >= 4 is 54.3 Å². The van der Waals surface area contributed by atoms with Crippen LogP contribution in [0.2, 0.25) is 0 Å². The fourth-order valence-electron chi connectivity index (χ4n) is 11.8. The predicted molar refractivity (Wildman–Crippen MR) is 370 cm³/mol. The molecule has 1 aliphatic carbocycles. The number of carbonyl (C=O) groups is 9. The maximum absolute atomic E-state index is 15.2. The van der Waals surface area contributed by atoms with Gasteiger partial charge in [0.1, 0.15) is 45.8 Å². The van der Waals surface area contributed by atoms with Crippen LogP contribution in [0.5, 0.6) is 0 Å². The average Bonchev–Trinajstić information content (AvgIpc) is 0.756. The van der Waals surface area contributed by atoms with Crippen molar-refractivity contribution in [1.29, 1.82) is 0 Å². The lowest BCUT2D eigenvalue weighted by Gasteiger charge is -2.51. The molecule has 14 atom stereocenters. The Bertz CT molecular complexity index is 3310. The third-order valence-electron chi connectivity index (χ3n) is 15.4. The first kappa shape index (κ1) is 83.0. The zero-order valence-electron chi connectivity index (χ0n) is 62.0. The molecule has 568 valence electrons. The zero-order valence-corrected chi connectivity index (χ0v) is 62.0. The number of alkyl carbamates (subject to hydrolysis) is 5. The molecule has 6 N–H and O–H groups in total. The summed E-state index contributed by atoms with van der Waals surface area (Å²) in [6.07, 6.45) is -20.2. The summed E-state index contributed by atoms with van der Waals surface area (Å²) in [5.41, 5.74) is 6.20. The highest BCUT2D eigenvalue weighted by Crippen LogP contribution is 2.43. The summed E-state index contributed by atoms with van der Waals surface area (Å²) in [5.74, 6) is -3.84. The topological polar surface area (TPSA) is 395 Å². The molecule has 3 aromatic carbocycles. The molecule has 31 heteroatoms. The Kier molecular flexibility index (Phi) is 28.9. The van der Waals surface area contributed by atoms with Crippen LogP contribution in [0.25, 0.3) is 10.4 Å². The highest BCUT2D eigenvalue weighted by atomic mass is 16.7. The Morgan fingerprint density at radius 3 is 1.39 bits per heavy atom. The van der Waals surface area contributed by atoms with E-state index in [1.165, 1.54) is 0 Å². The van der Waals surface area contributed by atoms with Gasteiger partial charge in [0.2, 0.25) is 0 Å². The molecule has 0 spiro atoms. The molecule has 0 bridgehead atoms. The van der Waals surface area contributed by atoms with Gasteiger partial charge in [-0.15, -0.1) is 0 Å². The van der Waals surface area contributed by atoms with E-state index >= 15 is 4.79 Å². The smallest absolute Gasteiger partial charge is 0.408 e. The second-order valence-corrected chi connectivity index (χ2v) is 30.1. The normalized spacial score (nSPS) is 24.1. The number of azide groups is 1. The van der Waals surface area contributed by atoms with Gasteiger partial charge in [0, 0.05) is 45.2 Å². The number of hydrogen-bond donors (Lipinski definition) is 6. The summed E-state index contributed by atoms with van der Waals surface area (Å²) in [6.45, 7) is 26.7. The Labute approximate surface area is 601 Å². The molecule has 6 rings (SSSR count). The number of ether oxygens (including phenoxy) is 13. The van der Waals surface area contributed by atoms with Crippen LogP contribution in [-0.4, -0.2) is 187 Å². The van der Waals surface area contributed by atoms with Crippen molar-refractivity contribution in [2.75, 3.05) is 19.7 Å². The van der Waals surface area contributed by atoms with Crippen molar-refractivity contribution in [1.82, 2.24) is 31.9 Å². The fraction of sp³-hybridized carbons (Fsp3) is 0.625. The number of hydrogen-bond acceptors (Lipinski definition) is 23. The first-order valence-electron chi connectivity index (χ1n) is 34.2. The largest absolute Gasteiger partial charge is 0.457 e. The van der Waals surface area contributed by atoms with E-state index in [0.29, 0.717) is 16.7 Å². The minimum absolute atomic E-state index is 0.0889. The van der Waals surface area contributed by atoms with E-state index in [2.05, 4.69) is 41.9 Å². The number of amides is 6. The van der Waals surface area contributed by atoms with Crippen LogP contribution in [-0.2, 0) is 86.4 Å². The van der Waals surface area contributed by atoms with Crippen molar-refractivity contribution < 1.29 is 105 Å². The number of esters is 3. The van der Waals surface area contributed by atoms with E-state index in [4.69, 9.17) is 61.6 Å². The van der Waals surface area contributed by atoms with Crippen molar-refractivity contribution in [2.24, 2.45) is 5.11 Å². The number of carbonyl (C=O) groups excluding carboxylic acids is 9. The van der Waals surface area contributed by atoms with Crippen LogP contribution in [0.3, 0.4) is 0 Å². The van der Waals surface area contributed by atoms with Gasteiger partial charge in [0.05, 0.1) is 49.1 Å². The molecule has 0 aromatic heterocycles.